The third kappa shape index (κ3) is 4.19. The lowest BCUT2D eigenvalue weighted by Gasteiger charge is -2.17. The molecule has 0 aliphatic heterocycles. The zero-order chi connectivity index (χ0) is 16.1. The van der Waals surface area contributed by atoms with Crippen LogP contribution in [0.3, 0.4) is 0 Å². The van der Waals surface area contributed by atoms with Crippen molar-refractivity contribution >= 4 is 29.1 Å². The van der Waals surface area contributed by atoms with Gasteiger partial charge in [-0.3, -0.25) is 4.79 Å². The Balaban J connectivity index is 2.07. The Morgan fingerprint density at radius 2 is 2.05 bits per heavy atom. The minimum Gasteiger partial charge on any atom is -0.375 e. The molecule has 0 aromatic heterocycles. The third-order valence-electron chi connectivity index (χ3n) is 3.13. The summed E-state index contributed by atoms with van der Waals surface area (Å²) in [5.74, 6) is -0.727. The van der Waals surface area contributed by atoms with Crippen LogP contribution in [0.4, 0.5) is 4.39 Å². The Morgan fingerprint density at radius 3 is 2.73 bits per heavy atom. The van der Waals surface area contributed by atoms with Crippen LogP contribution < -0.4 is 5.32 Å². The molecule has 0 aliphatic rings. The predicted molar refractivity (Wildman–Crippen MR) is 84.9 cm³/mol. The molecule has 6 heteroatoms. The van der Waals surface area contributed by atoms with Gasteiger partial charge in [-0.1, -0.05) is 35.3 Å². The van der Waals surface area contributed by atoms with E-state index in [-0.39, 0.29) is 23.8 Å². The first-order chi connectivity index (χ1) is 10.5. The highest BCUT2D eigenvalue weighted by atomic mass is 35.5. The summed E-state index contributed by atoms with van der Waals surface area (Å²) in [6.07, 6.45) is -0.461. The highest BCUT2D eigenvalue weighted by molar-refractivity contribution is 6.35. The summed E-state index contributed by atoms with van der Waals surface area (Å²) in [6, 6.07) is 10.7. The lowest BCUT2D eigenvalue weighted by atomic mass is 10.1. The van der Waals surface area contributed by atoms with Crippen LogP contribution in [0.5, 0.6) is 0 Å². The van der Waals surface area contributed by atoms with Crippen molar-refractivity contribution in [3.63, 3.8) is 0 Å². The Kier molecular flexibility index (Phi) is 5.77. The maximum absolute atomic E-state index is 13.2. The summed E-state index contributed by atoms with van der Waals surface area (Å²) in [4.78, 5) is 12.2. The molecule has 0 fully saturated rings. The van der Waals surface area contributed by atoms with E-state index in [1.165, 1.54) is 25.3 Å². The monoisotopic (exact) mass is 341 g/mol. The molecule has 0 aliphatic carbocycles. The van der Waals surface area contributed by atoms with E-state index in [1.54, 1.807) is 24.3 Å². The maximum atomic E-state index is 13.2. The zero-order valence-electron chi connectivity index (χ0n) is 11.8. The van der Waals surface area contributed by atoms with Crippen LogP contribution in [0.2, 0.25) is 10.0 Å². The average Bonchev–Trinajstić information content (AvgIpc) is 2.50. The van der Waals surface area contributed by atoms with Gasteiger partial charge in [-0.2, -0.15) is 0 Å². The Bertz CT molecular complexity index is 679. The average molecular weight is 342 g/mol. The number of rotatable bonds is 5. The number of methoxy groups -OCH3 is 1. The molecule has 1 atom stereocenters. The van der Waals surface area contributed by atoms with Gasteiger partial charge in [-0.15, -0.1) is 0 Å². The van der Waals surface area contributed by atoms with Crippen LogP contribution in [-0.4, -0.2) is 19.6 Å². The van der Waals surface area contributed by atoms with Crippen LogP contribution in [0.1, 0.15) is 22.0 Å². The van der Waals surface area contributed by atoms with Crippen molar-refractivity contribution in [3.05, 3.63) is 69.5 Å². The van der Waals surface area contributed by atoms with Crippen molar-refractivity contribution < 1.29 is 13.9 Å². The first-order valence-corrected chi connectivity index (χ1v) is 7.28. The van der Waals surface area contributed by atoms with Crippen molar-refractivity contribution in [2.75, 3.05) is 13.7 Å². The second-order valence-corrected chi connectivity index (χ2v) is 5.46. The van der Waals surface area contributed by atoms with E-state index in [4.69, 9.17) is 27.9 Å². The van der Waals surface area contributed by atoms with Gasteiger partial charge in [0.25, 0.3) is 5.91 Å². The van der Waals surface area contributed by atoms with Gasteiger partial charge in [0.15, 0.2) is 0 Å². The summed E-state index contributed by atoms with van der Waals surface area (Å²) in [6.45, 7) is 0.182. The third-order valence-corrected chi connectivity index (χ3v) is 3.69. The molecule has 0 radical (unpaired) electrons. The SMILES string of the molecule is COC(CNC(=O)c1cc(Cl)ccc1Cl)c1cccc(F)c1. The summed E-state index contributed by atoms with van der Waals surface area (Å²) in [7, 11) is 1.49. The van der Waals surface area contributed by atoms with Crippen LogP contribution >= 0.6 is 23.2 Å². The molecule has 1 unspecified atom stereocenters. The summed E-state index contributed by atoms with van der Waals surface area (Å²) >= 11 is 11.8. The first-order valence-electron chi connectivity index (χ1n) is 6.52. The molecule has 1 amide bonds. The van der Waals surface area contributed by atoms with Gasteiger partial charge >= 0.3 is 0 Å². The Hall–Kier alpha value is -1.62. The standard InChI is InChI=1S/C16H14Cl2FNO2/c1-22-15(10-3-2-4-12(19)7-10)9-20-16(21)13-8-11(17)5-6-14(13)18/h2-8,15H,9H2,1H3,(H,20,21). The molecule has 0 heterocycles. The molecule has 0 spiro atoms. The van der Waals surface area contributed by atoms with E-state index >= 15 is 0 Å². The fourth-order valence-corrected chi connectivity index (χ4v) is 2.37. The largest absolute Gasteiger partial charge is 0.375 e. The van der Waals surface area contributed by atoms with E-state index in [1.807, 2.05) is 0 Å². The van der Waals surface area contributed by atoms with Crippen LogP contribution in [0, 0.1) is 5.82 Å². The van der Waals surface area contributed by atoms with Gasteiger partial charge in [0.05, 0.1) is 16.7 Å². The van der Waals surface area contributed by atoms with E-state index in [0.29, 0.717) is 15.6 Å². The maximum Gasteiger partial charge on any atom is 0.252 e. The minimum absolute atomic E-state index is 0.182. The molecule has 1 N–H and O–H groups in total. The van der Waals surface area contributed by atoms with Crippen LogP contribution in [-0.2, 0) is 4.74 Å². The number of carbonyl (C=O) groups is 1. The van der Waals surface area contributed by atoms with E-state index < -0.39 is 6.10 Å². The van der Waals surface area contributed by atoms with Crippen molar-refractivity contribution in [2.24, 2.45) is 0 Å². The van der Waals surface area contributed by atoms with Crippen LogP contribution in [0.15, 0.2) is 42.5 Å². The van der Waals surface area contributed by atoms with Gasteiger partial charge in [-0.05, 0) is 35.9 Å². The van der Waals surface area contributed by atoms with Crippen molar-refractivity contribution in [1.82, 2.24) is 5.32 Å². The number of hydrogen-bond donors (Lipinski definition) is 1. The van der Waals surface area contributed by atoms with Crippen molar-refractivity contribution in [3.8, 4) is 0 Å². The second-order valence-electron chi connectivity index (χ2n) is 4.61. The molecule has 22 heavy (non-hydrogen) atoms. The summed E-state index contributed by atoms with van der Waals surface area (Å²) in [5.41, 5.74) is 0.920. The van der Waals surface area contributed by atoms with Crippen molar-refractivity contribution in [1.29, 1.82) is 0 Å². The number of benzene rings is 2. The number of amides is 1. The zero-order valence-corrected chi connectivity index (χ0v) is 13.3. The molecule has 0 bridgehead atoms. The van der Waals surface area contributed by atoms with Gasteiger partial charge in [0.2, 0.25) is 0 Å². The molecule has 2 aromatic rings. The molecule has 3 nitrogen and oxygen atoms in total. The quantitative estimate of drug-likeness (QED) is 0.882. The lowest BCUT2D eigenvalue weighted by molar-refractivity contribution is 0.0827. The molecular formula is C16H14Cl2FNO2. The highest BCUT2D eigenvalue weighted by Crippen LogP contribution is 2.21. The van der Waals surface area contributed by atoms with E-state index in [2.05, 4.69) is 5.32 Å². The lowest BCUT2D eigenvalue weighted by Crippen LogP contribution is -2.29. The molecule has 2 rings (SSSR count). The van der Waals surface area contributed by atoms with Crippen LogP contribution in [0.25, 0.3) is 0 Å². The molecular weight excluding hydrogens is 328 g/mol. The molecule has 0 saturated carbocycles. The van der Waals surface area contributed by atoms with E-state index in [9.17, 15) is 9.18 Å². The van der Waals surface area contributed by atoms with Gasteiger partial charge in [0, 0.05) is 18.7 Å². The fourth-order valence-electron chi connectivity index (χ4n) is 2.00. The Labute approximate surface area is 138 Å². The number of nitrogens with one attached hydrogen (secondary N) is 1. The number of ether oxygens (including phenoxy) is 1. The van der Waals surface area contributed by atoms with E-state index in [0.717, 1.165) is 0 Å². The fraction of sp³-hybridized carbons (Fsp3) is 0.188. The van der Waals surface area contributed by atoms with Gasteiger partial charge < -0.3 is 10.1 Å². The number of halogens is 3. The Morgan fingerprint density at radius 1 is 1.27 bits per heavy atom. The summed E-state index contributed by atoms with van der Waals surface area (Å²) < 4.78 is 18.5. The topological polar surface area (TPSA) is 38.3 Å². The molecule has 2 aromatic carbocycles. The minimum atomic E-state index is -0.461. The number of hydrogen-bond acceptors (Lipinski definition) is 2. The normalized spacial score (nSPS) is 12.0. The summed E-state index contributed by atoms with van der Waals surface area (Å²) in [5, 5.41) is 3.43. The van der Waals surface area contributed by atoms with Gasteiger partial charge in [0.1, 0.15) is 5.82 Å². The number of carbonyl (C=O) groups excluding carboxylic acids is 1. The first kappa shape index (κ1) is 16.7. The molecule has 116 valence electrons. The molecule has 0 saturated heterocycles. The second kappa shape index (κ2) is 7.58. The predicted octanol–water partition coefficient (Wildman–Crippen LogP) is 4.25. The van der Waals surface area contributed by atoms with Crippen molar-refractivity contribution in [2.45, 2.75) is 6.10 Å². The van der Waals surface area contributed by atoms with Gasteiger partial charge in [-0.25, -0.2) is 4.39 Å². The highest BCUT2D eigenvalue weighted by Gasteiger charge is 2.15. The smallest absolute Gasteiger partial charge is 0.252 e.